The van der Waals surface area contributed by atoms with Crippen molar-refractivity contribution in [2.24, 2.45) is 0 Å². The molecule has 1 unspecified atom stereocenters. The fourth-order valence-electron chi connectivity index (χ4n) is 2.22. The highest BCUT2D eigenvalue weighted by Gasteiger charge is 2.26. The highest BCUT2D eigenvalue weighted by Crippen LogP contribution is 2.20. The van der Waals surface area contributed by atoms with Gasteiger partial charge in [-0.15, -0.1) is 0 Å². The van der Waals surface area contributed by atoms with Crippen LogP contribution in [0.3, 0.4) is 0 Å². The SMILES string of the molecule is CCC1CCCCN1C(=O)c1cnc[nH]1. The molecule has 1 aromatic heterocycles. The molecule has 1 atom stereocenters. The number of nitrogens with one attached hydrogen (secondary N) is 1. The van der Waals surface area contributed by atoms with Crippen LogP contribution in [0.5, 0.6) is 0 Å². The van der Waals surface area contributed by atoms with Gasteiger partial charge in [0.2, 0.25) is 0 Å². The predicted molar refractivity (Wildman–Crippen MR) is 57.6 cm³/mol. The summed E-state index contributed by atoms with van der Waals surface area (Å²) >= 11 is 0. The number of hydrogen-bond donors (Lipinski definition) is 1. The number of piperidine rings is 1. The molecule has 2 rings (SSSR count). The summed E-state index contributed by atoms with van der Waals surface area (Å²) in [5.74, 6) is 0.0963. The number of likely N-dealkylation sites (tertiary alicyclic amines) is 1. The van der Waals surface area contributed by atoms with E-state index in [1.165, 1.54) is 6.42 Å². The number of aromatic nitrogens is 2. The van der Waals surface area contributed by atoms with Gasteiger partial charge in [-0.3, -0.25) is 4.79 Å². The summed E-state index contributed by atoms with van der Waals surface area (Å²) in [6, 6.07) is 0.412. The van der Waals surface area contributed by atoms with Gasteiger partial charge in [0, 0.05) is 12.6 Å². The molecule has 0 saturated carbocycles. The van der Waals surface area contributed by atoms with Gasteiger partial charge in [0.15, 0.2) is 0 Å². The van der Waals surface area contributed by atoms with Gasteiger partial charge in [0.25, 0.3) is 5.91 Å². The van der Waals surface area contributed by atoms with E-state index in [0.29, 0.717) is 11.7 Å². The first-order chi connectivity index (χ1) is 7.33. The molecule has 0 spiro atoms. The van der Waals surface area contributed by atoms with E-state index in [2.05, 4.69) is 16.9 Å². The zero-order valence-corrected chi connectivity index (χ0v) is 9.07. The molecule has 1 aromatic rings. The summed E-state index contributed by atoms with van der Waals surface area (Å²) in [6.45, 7) is 3.03. The summed E-state index contributed by atoms with van der Waals surface area (Å²) in [6.07, 6.45) is 7.69. The average molecular weight is 207 g/mol. The number of hydrogen-bond acceptors (Lipinski definition) is 2. The van der Waals surface area contributed by atoms with Gasteiger partial charge in [-0.2, -0.15) is 0 Å². The highest BCUT2D eigenvalue weighted by molar-refractivity contribution is 5.92. The molecule has 1 saturated heterocycles. The zero-order chi connectivity index (χ0) is 10.7. The van der Waals surface area contributed by atoms with Crippen LogP contribution in [0.4, 0.5) is 0 Å². The fraction of sp³-hybridized carbons (Fsp3) is 0.636. The van der Waals surface area contributed by atoms with E-state index in [1.54, 1.807) is 12.5 Å². The van der Waals surface area contributed by atoms with E-state index < -0.39 is 0 Å². The molecule has 1 amide bonds. The predicted octanol–water partition coefficient (Wildman–Crippen LogP) is 1.81. The number of carbonyl (C=O) groups excluding carboxylic acids is 1. The second-order valence-corrected chi connectivity index (χ2v) is 4.02. The maximum atomic E-state index is 12.1. The van der Waals surface area contributed by atoms with Gasteiger partial charge >= 0.3 is 0 Å². The molecule has 4 nitrogen and oxygen atoms in total. The minimum Gasteiger partial charge on any atom is -0.341 e. The van der Waals surface area contributed by atoms with Crippen molar-refractivity contribution in [1.82, 2.24) is 14.9 Å². The number of carbonyl (C=O) groups is 1. The number of imidazole rings is 1. The normalized spacial score (nSPS) is 21.7. The van der Waals surface area contributed by atoms with Crippen LogP contribution in [0.25, 0.3) is 0 Å². The Labute approximate surface area is 89.7 Å². The van der Waals surface area contributed by atoms with E-state index in [-0.39, 0.29) is 5.91 Å². The van der Waals surface area contributed by atoms with E-state index >= 15 is 0 Å². The van der Waals surface area contributed by atoms with Gasteiger partial charge < -0.3 is 9.88 Å². The first-order valence-corrected chi connectivity index (χ1v) is 5.62. The molecule has 0 bridgehead atoms. The second kappa shape index (κ2) is 4.47. The maximum Gasteiger partial charge on any atom is 0.272 e. The Balaban J connectivity index is 2.11. The van der Waals surface area contributed by atoms with Crippen LogP contribution in [0.1, 0.15) is 43.1 Å². The van der Waals surface area contributed by atoms with Gasteiger partial charge in [-0.25, -0.2) is 4.98 Å². The third-order valence-electron chi connectivity index (χ3n) is 3.09. The van der Waals surface area contributed by atoms with Gasteiger partial charge in [0.1, 0.15) is 5.69 Å². The minimum atomic E-state index is 0.0963. The van der Waals surface area contributed by atoms with Crippen molar-refractivity contribution in [3.05, 3.63) is 18.2 Å². The van der Waals surface area contributed by atoms with Crippen LogP contribution in [-0.4, -0.2) is 33.4 Å². The molecule has 2 heterocycles. The summed E-state index contributed by atoms with van der Waals surface area (Å²) in [5.41, 5.74) is 0.607. The standard InChI is InChI=1S/C11H17N3O/c1-2-9-5-3-4-6-14(9)11(15)10-7-12-8-13-10/h7-9H,2-6H2,1H3,(H,12,13). The Hall–Kier alpha value is -1.32. The first kappa shape index (κ1) is 10.2. The van der Waals surface area contributed by atoms with Crippen molar-refractivity contribution in [2.45, 2.75) is 38.6 Å². The Morgan fingerprint density at radius 1 is 1.67 bits per heavy atom. The van der Waals surface area contributed by atoms with E-state index in [4.69, 9.17) is 0 Å². The zero-order valence-electron chi connectivity index (χ0n) is 9.07. The van der Waals surface area contributed by atoms with Crippen molar-refractivity contribution in [2.75, 3.05) is 6.54 Å². The summed E-state index contributed by atoms with van der Waals surface area (Å²) < 4.78 is 0. The molecule has 0 aliphatic carbocycles. The third kappa shape index (κ3) is 2.03. The van der Waals surface area contributed by atoms with Crippen molar-refractivity contribution in [3.63, 3.8) is 0 Å². The average Bonchev–Trinajstić information content (AvgIpc) is 2.81. The lowest BCUT2D eigenvalue weighted by atomic mass is 10.00. The summed E-state index contributed by atoms with van der Waals surface area (Å²) in [7, 11) is 0. The number of nitrogens with zero attached hydrogens (tertiary/aromatic N) is 2. The number of aromatic amines is 1. The van der Waals surface area contributed by atoms with Crippen LogP contribution in [0.15, 0.2) is 12.5 Å². The van der Waals surface area contributed by atoms with Crippen LogP contribution < -0.4 is 0 Å². The Bertz CT molecular complexity index is 321. The van der Waals surface area contributed by atoms with Gasteiger partial charge in [0.05, 0.1) is 12.5 Å². The topological polar surface area (TPSA) is 49.0 Å². The molecule has 1 N–H and O–H groups in total. The molecular formula is C11H17N3O. The number of amides is 1. The number of H-pyrrole nitrogens is 1. The molecule has 1 aliphatic rings. The van der Waals surface area contributed by atoms with Crippen molar-refractivity contribution < 1.29 is 4.79 Å². The number of rotatable bonds is 2. The van der Waals surface area contributed by atoms with E-state index in [1.807, 2.05) is 4.90 Å². The van der Waals surface area contributed by atoms with Crippen LogP contribution in [0, 0.1) is 0 Å². The molecule has 1 aliphatic heterocycles. The smallest absolute Gasteiger partial charge is 0.272 e. The Kier molecular flexibility index (Phi) is 3.04. The quantitative estimate of drug-likeness (QED) is 0.804. The minimum absolute atomic E-state index is 0.0963. The molecule has 82 valence electrons. The molecule has 15 heavy (non-hydrogen) atoms. The van der Waals surface area contributed by atoms with Crippen LogP contribution in [-0.2, 0) is 0 Å². The highest BCUT2D eigenvalue weighted by atomic mass is 16.2. The molecular weight excluding hydrogens is 190 g/mol. The van der Waals surface area contributed by atoms with Crippen LogP contribution in [0.2, 0.25) is 0 Å². The summed E-state index contributed by atoms with van der Waals surface area (Å²) in [4.78, 5) is 20.8. The largest absolute Gasteiger partial charge is 0.341 e. The third-order valence-corrected chi connectivity index (χ3v) is 3.09. The molecule has 0 radical (unpaired) electrons. The van der Waals surface area contributed by atoms with Crippen molar-refractivity contribution in [1.29, 1.82) is 0 Å². The van der Waals surface area contributed by atoms with Crippen molar-refractivity contribution >= 4 is 5.91 Å². The van der Waals surface area contributed by atoms with E-state index in [0.717, 1.165) is 25.8 Å². The fourth-order valence-corrected chi connectivity index (χ4v) is 2.22. The lowest BCUT2D eigenvalue weighted by Gasteiger charge is -2.34. The monoisotopic (exact) mass is 207 g/mol. The Morgan fingerprint density at radius 2 is 2.53 bits per heavy atom. The molecule has 4 heteroatoms. The lowest BCUT2D eigenvalue weighted by molar-refractivity contribution is 0.0602. The van der Waals surface area contributed by atoms with Gasteiger partial charge in [-0.1, -0.05) is 6.92 Å². The lowest BCUT2D eigenvalue weighted by Crippen LogP contribution is -2.43. The summed E-state index contributed by atoms with van der Waals surface area (Å²) in [5, 5.41) is 0. The maximum absolute atomic E-state index is 12.1. The van der Waals surface area contributed by atoms with Crippen LogP contribution >= 0.6 is 0 Å². The molecule has 0 aromatic carbocycles. The van der Waals surface area contributed by atoms with Gasteiger partial charge in [-0.05, 0) is 25.7 Å². The van der Waals surface area contributed by atoms with Crippen molar-refractivity contribution in [3.8, 4) is 0 Å². The second-order valence-electron chi connectivity index (χ2n) is 4.02. The van der Waals surface area contributed by atoms with E-state index in [9.17, 15) is 4.79 Å². The Morgan fingerprint density at radius 3 is 3.20 bits per heavy atom. The molecule has 1 fully saturated rings. The first-order valence-electron chi connectivity index (χ1n) is 5.62.